The van der Waals surface area contributed by atoms with Gasteiger partial charge in [-0.3, -0.25) is 0 Å². The topological polar surface area (TPSA) is 46.8 Å². The fraction of sp³-hybridized carbons (Fsp3) is 0.381. The third-order valence-electron chi connectivity index (χ3n) is 5.11. The van der Waals surface area contributed by atoms with Gasteiger partial charge in [-0.15, -0.1) is 5.10 Å². The zero-order valence-corrected chi connectivity index (χ0v) is 15.4. The minimum Gasteiger partial charge on any atom is -0.361 e. The van der Waals surface area contributed by atoms with Gasteiger partial charge in [-0.1, -0.05) is 62.4 Å². The van der Waals surface area contributed by atoms with Gasteiger partial charge in [0.05, 0.1) is 12.6 Å². The first kappa shape index (κ1) is 16.8. The van der Waals surface area contributed by atoms with E-state index < -0.39 is 0 Å². The smallest absolute Gasteiger partial charge is 0.174 e. The molecule has 3 aromatic rings. The summed E-state index contributed by atoms with van der Waals surface area (Å²) < 4.78 is 1.96. The summed E-state index contributed by atoms with van der Waals surface area (Å²) in [5.74, 6) is 1.35. The van der Waals surface area contributed by atoms with Crippen molar-refractivity contribution in [1.82, 2.24) is 20.2 Å². The highest BCUT2D eigenvalue weighted by atomic mass is 15.5. The fourth-order valence-corrected chi connectivity index (χ4v) is 3.94. The number of anilines is 1. The van der Waals surface area contributed by atoms with E-state index in [1.807, 2.05) is 10.7 Å². The molecular weight excluding hydrogens is 322 g/mol. The Balaban J connectivity index is 1.70. The number of hydrogen-bond donors (Lipinski definition) is 0. The summed E-state index contributed by atoms with van der Waals surface area (Å²) >= 11 is 0. The van der Waals surface area contributed by atoms with E-state index in [9.17, 15) is 0 Å². The van der Waals surface area contributed by atoms with Crippen molar-refractivity contribution >= 4 is 5.69 Å². The van der Waals surface area contributed by atoms with Gasteiger partial charge in [-0.05, 0) is 46.4 Å². The van der Waals surface area contributed by atoms with E-state index in [1.165, 1.54) is 23.2 Å². The number of nitrogens with zero attached hydrogens (tertiary/aromatic N) is 5. The van der Waals surface area contributed by atoms with E-state index in [2.05, 4.69) is 82.8 Å². The molecule has 0 saturated heterocycles. The quantitative estimate of drug-likeness (QED) is 0.703. The maximum absolute atomic E-state index is 4.44. The number of hydrogen-bond acceptors (Lipinski definition) is 4. The molecule has 1 aliphatic heterocycles. The monoisotopic (exact) mass is 347 g/mol. The van der Waals surface area contributed by atoms with Crippen LogP contribution in [0.25, 0.3) is 0 Å². The number of para-hydroxylation sites is 1. The molecule has 2 aromatic carbocycles. The molecule has 0 amide bonds. The largest absolute Gasteiger partial charge is 0.361 e. The lowest BCUT2D eigenvalue weighted by Gasteiger charge is -2.39. The Kier molecular flexibility index (Phi) is 4.69. The molecule has 5 heteroatoms. The van der Waals surface area contributed by atoms with Crippen molar-refractivity contribution in [3.05, 3.63) is 71.5 Å². The molecular formula is C21H25N5. The van der Waals surface area contributed by atoms with Crippen molar-refractivity contribution in [2.24, 2.45) is 5.92 Å². The second kappa shape index (κ2) is 7.28. The van der Waals surface area contributed by atoms with Crippen molar-refractivity contribution in [3.63, 3.8) is 0 Å². The van der Waals surface area contributed by atoms with E-state index in [0.29, 0.717) is 12.5 Å². The lowest BCUT2D eigenvalue weighted by molar-refractivity contribution is 0.418. The number of benzene rings is 2. The number of rotatable bonds is 5. The van der Waals surface area contributed by atoms with E-state index in [1.54, 1.807) is 0 Å². The maximum Gasteiger partial charge on any atom is 0.174 e. The first-order valence-electron chi connectivity index (χ1n) is 9.38. The lowest BCUT2D eigenvalue weighted by Crippen LogP contribution is -2.38. The van der Waals surface area contributed by atoms with Gasteiger partial charge in [0.15, 0.2) is 5.82 Å². The van der Waals surface area contributed by atoms with Crippen LogP contribution < -0.4 is 4.90 Å². The van der Waals surface area contributed by atoms with Gasteiger partial charge in [0.2, 0.25) is 0 Å². The van der Waals surface area contributed by atoms with Crippen LogP contribution in [0.3, 0.4) is 0 Å². The molecule has 0 saturated carbocycles. The lowest BCUT2D eigenvalue weighted by atomic mass is 9.95. The second-order valence-electron chi connectivity index (χ2n) is 7.29. The van der Waals surface area contributed by atoms with Gasteiger partial charge in [-0.25, -0.2) is 4.68 Å². The van der Waals surface area contributed by atoms with Crippen molar-refractivity contribution in [2.45, 2.75) is 39.3 Å². The van der Waals surface area contributed by atoms with Crippen LogP contribution in [0.5, 0.6) is 0 Å². The molecule has 1 aliphatic rings. The summed E-state index contributed by atoms with van der Waals surface area (Å²) in [6.07, 6.45) is 2.31. The highest BCUT2D eigenvalue weighted by molar-refractivity contribution is 5.56. The molecule has 26 heavy (non-hydrogen) atoms. The molecule has 0 radical (unpaired) electrons. The van der Waals surface area contributed by atoms with E-state index in [-0.39, 0.29) is 6.04 Å². The number of aromatic nitrogens is 4. The molecule has 1 atom stereocenters. The molecule has 0 N–H and O–H groups in total. The summed E-state index contributed by atoms with van der Waals surface area (Å²) in [6.45, 7) is 6.24. The molecule has 5 nitrogen and oxygen atoms in total. The van der Waals surface area contributed by atoms with Crippen LogP contribution in [0, 0.1) is 5.92 Å². The Labute approximate surface area is 154 Å². The summed E-state index contributed by atoms with van der Waals surface area (Å²) in [5.41, 5.74) is 3.96. The van der Waals surface area contributed by atoms with Gasteiger partial charge in [0, 0.05) is 12.2 Å². The summed E-state index contributed by atoms with van der Waals surface area (Å²) in [5, 5.41) is 12.7. The average Bonchev–Trinajstić information content (AvgIpc) is 3.10. The molecule has 0 bridgehead atoms. The van der Waals surface area contributed by atoms with Crippen molar-refractivity contribution in [1.29, 1.82) is 0 Å². The first-order chi connectivity index (χ1) is 12.7. The molecule has 4 rings (SSSR count). The molecule has 1 unspecified atom stereocenters. The van der Waals surface area contributed by atoms with Crippen LogP contribution >= 0.6 is 0 Å². The standard InChI is InChI=1S/C21H25N5/c1-16(2)20(25-14-8-12-18-11-6-7-13-19(18)25)21-22-23-24-26(21)15-17-9-4-3-5-10-17/h3-7,9-11,13,16,20H,8,12,14-15H2,1-2H3. The third kappa shape index (κ3) is 3.21. The molecule has 0 spiro atoms. The van der Waals surface area contributed by atoms with Gasteiger partial charge in [-0.2, -0.15) is 0 Å². The zero-order chi connectivity index (χ0) is 17.9. The zero-order valence-electron chi connectivity index (χ0n) is 15.4. The minimum absolute atomic E-state index is 0.162. The fourth-order valence-electron chi connectivity index (χ4n) is 3.94. The van der Waals surface area contributed by atoms with Gasteiger partial charge in [0.1, 0.15) is 0 Å². The second-order valence-corrected chi connectivity index (χ2v) is 7.29. The first-order valence-corrected chi connectivity index (χ1v) is 9.38. The normalized spacial score (nSPS) is 15.1. The molecule has 2 heterocycles. The predicted molar refractivity (Wildman–Crippen MR) is 103 cm³/mol. The molecule has 0 aliphatic carbocycles. The summed E-state index contributed by atoms with van der Waals surface area (Å²) in [4.78, 5) is 2.50. The van der Waals surface area contributed by atoms with Crippen molar-refractivity contribution in [3.8, 4) is 0 Å². The van der Waals surface area contributed by atoms with E-state index >= 15 is 0 Å². The Hall–Kier alpha value is -2.69. The highest BCUT2D eigenvalue weighted by Crippen LogP contribution is 2.37. The predicted octanol–water partition coefficient (Wildman–Crippen LogP) is 3.87. The van der Waals surface area contributed by atoms with Gasteiger partial charge >= 0.3 is 0 Å². The Morgan fingerprint density at radius 3 is 2.58 bits per heavy atom. The van der Waals surface area contributed by atoms with Crippen LogP contribution in [-0.4, -0.2) is 26.8 Å². The van der Waals surface area contributed by atoms with Crippen LogP contribution in [0.4, 0.5) is 5.69 Å². The van der Waals surface area contributed by atoms with Crippen molar-refractivity contribution < 1.29 is 0 Å². The number of fused-ring (bicyclic) bond motifs is 1. The Morgan fingerprint density at radius 1 is 1.00 bits per heavy atom. The summed E-state index contributed by atoms with van der Waals surface area (Å²) in [7, 11) is 0. The van der Waals surface area contributed by atoms with Crippen LogP contribution in [-0.2, 0) is 13.0 Å². The maximum atomic E-state index is 4.44. The average molecular weight is 347 g/mol. The SMILES string of the molecule is CC(C)C(c1nnnn1Cc1ccccc1)N1CCCc2ccccc21. The number of tetrazole rings is 1. The molecule has 1 aromatic heterocycles. The Bertz CT molecular complexity index is 856. The Morgan fingerprint density at radius 2 is 1.77 bits per heavy atom. The highest BCUT2D eigenvalue weighted by Gasteiger charge is 2.31. The van der Waals surface area contributed by atoms with Gasteiger partial charge in [0.25, 0.3) is 0 Å². The minimum atomic E-state index is 0.162. The van der Waals surface area contributed by atoms with Crippen LogP contribution in [0.1, 0.15) is 43.3 Å². The molecule has 134 valence electrons. The van der Waals surface area contributed by atoms with Crippen LogP contribution in [0.15, 0.2) is 54.6 Å². The third-order valence-corrected chi connectivity index (χ3v) is 5.11. The number of aryl methyl sites for hydroxylation is 1. The van der Waals surface area contributed by atoms with E-state index in [4.69, 9.17) is 0 Å². The van der Waals surface area contributed by atoms with E-state index in [0.717, 1.165) is 18.8 Å². The molecule has 0 fully saturated rings. The van der Waals surface area contributed by atoms with Gasteiger partial charge < -0.3 is 4.90 Å². The van der Waals surface area contributed by atoms with Crippen molar-refractivity contribution in [2.75, 3.05) is 11.4 Å². The summed E-state index contributed by atoms with van der Waals surface area (Å²) in [6, 6.07) is 19.3. The van der Waals surface area contributed by atoms with Crippen LogP contribution in [0.2, 0.25) is 0 Å².